The maximum absolute atomic E-state index is 12.6. The molecule has 0 radical (unpaired) electrons. The highest BCUT2D eigenvalue weighted by Gasteiger charge is 2.36. The third-order valence-corrected chi connectivity index (χ3v) is 6.02. The van der Waals surface area contributed by atoms with E-state index in [1.807, 2.05) is 6.07 Å². The van der Waals surface area contributed by atoms with Crippen molar-refractivity contribution in [3.8, 4) is 5.75 Å². The summed E-state index contributed by atoms with van der Waals surface area (Å²) in [5, 5.41) is 2.20. The van der Waals surface area contributed by atoms with Crippen molar-refractivity contribution in [1.82, 2.24) is 4.90 Å². The zero-order valence-electron chi connectivity index (χ0n) is 14.6. The van der Waals surface area contributed by atoms with Crippen LogP contribution in [0.25, 0.3) is 6.08 Å². The molecule has 3 amide bonds. The van der Waals surface area contributed by atoms with Gasteiger partial charge in [-0.15, -0.1) is 0 Å². The molecule has 6 nitrogen and oxygen atoms in total. The predicted octanol–water partition coefficient (Wildman–Crippen LogP) is 4.90. The van der Waals surface area contributed by atoms with Crippen LogP contribution in [0.5, 0.6) is 5.75 Å². The number of carbonyl (C=O) groups is 3. The van der Waals surface area contributed by atoms with Crippen molar-refractivity contribution in [1.29, 1.82) is 0 Å². The summed E-state index contributed by atoms with van der Waals surface area (Å²) in [7, 11) is 1.56. The number of methoxy groups -OCH3 is 1. The zero-order valence-corrected chi connectivity index (χ0v) is 18.6. The molecule has 9 heteroatoms. The molecule has 1 fully saturated rings. The molecule has 0 unspecified atom stereocenters. The van der Waals surface area contributed by atoms with Crippen LogP contribution in [-0.2, 0) is 9.59 Å². The summed E-state index contributed by atoms with van der Waals surface area (Å²) in [5.41, 5.74) is 1.30. The largest absolute Gasteiger partial charge is 0.496 e. The molecule has 0 aliphatic carbocycles. The Labute approximate surface area is 182 Å². The minimum Gasteiger partial charge on any atom is -0.496 e. The SMILES string of the molecule is COc1ccc(/C=C2/SC(=O)N(CC(=O)Nc3ccccc3Br)C2=O)cc1Br. The van der Waals surface area contributed by atoms with Gasteiger partial charge in [-0.3, -0.25) is 19.3 Å². The van der Waals surface area contributed by atoms with E-state index < -0.39 is 17.1 Å². The molecule has 3 rings (SSSR count). The Morgan fingerprint density at radius 1 is 1.18 bits per heavy atom. The maximum Gasteiger partial charge on any atom is 0.294 e. The number of thioether (sulfide) groups is 1. The Morgan fingerprint density at radius 3 is 2.61 bits per heavy atom. The third kappa shape index (κ3) is 4.65. The van der Waals surface area contributed by atoms with E-state index in [4.69, 9.17) is 4.74 Å². The van der Waals surface area contributed by atoms with E-state index in [-0.39, 0.29) is 11.4 Å². The molecule has 0 bridgehead atoms. The molecule has 0 saturated carbocycles. The molecule has 28 heavy (non-hydrogen) atoms. The summed E-state index contributed by atoms with van der Waals surface area (Å²) < 4.78 is 6.62. The Hall–Kier alpha value is -2.10. The lowest BCUT2D eigenvalue weighted by atomic mass is 10.2. The number of nitrogens with one attached hydrogen (secondary N) is 1. The Morgan fingerprint density at radius 2 is 1.93 bits per heavy atom. The Bertz CT molecular complexity index is 994. The van der Waals surface area contributed by atoms with Gasteiger partial charge in [0.2, 0.25) is 5.91 Å². The van der Waals surface area contributed by atoms with Gasteiger partial charge in [-0.2, -0.15) is 0 Å². The Kier molecular flexibility index (Phi) is 6.58. The monoisotopic (exact) mass is 524 g/mol. The van der Waals surface area contributed by atoms with Crippen LogP contribution in [-0.4, -0.2) is 35.6 Å². The Balaban J connectivity index is 1.72. The number of benzene rings is 2. The van der Waals surface area contributed by atoms with Gasteiger partial charge in [0.1, 0.15) is 12.3 Å². The average Bonchev–Trinajstić information content (AvgIpc) is 2.91. The van der Waals surface area contributed by atoms with Crippen LogP contribution >= 0.6 is 43.6 Å². The van der Waals surface area contributed by atoms with Gasteiger partial charge in [0, 0.05) is 4.47 Å². The smallest absolute Gasteiger partial charge is 0.294 e. The zero-order chi connectivity index (χ0) is 20.3. The number of nitrogens with zero attached hydrogens (tertiary/aromatic N) is 1. The van der Waals surface area contributed by atoms with Crippen molar-refractivity contribution < 1.29 is 19.1 Å². The lowest BCUT2D eigenvalue weighted by Crippen LogP contribution is -2.36. The van der Waals surface area contributed by atoms with E-state index >= 15 is 0 Å². The van der Waals surface area contributed by atoms with Crippen LogP contribution in [0.4, 0.5) is 10.5 Å². The fraction of sp³-hybridized carbons (Fsp3) is 0.105. The number of hydrogen-bond acceptors (Lipinski definition) is 5. The molecule has 1 aliphatic rings. The normalized spacial score (nSPS) is 15.2. The lowest BCUT2D eigenvalue weighted by molar-refractivity contribution is -0.127. The first-order chi connectivity index (χ1) is 13.4. The topological polar surface area (TPSA) is 75.7 Å². The minimum atomic E-state index is -0.496. The summed E-state index contributed by atoms with van der Waals surface area (Å²) in [4.78, 5) is 38.2. The van der Waals surface area contributed by atoms with Crippen molar-refractivity contribution >= 4 is 72.4 Å². The second-order valence-corrected chi connectivity index (χ2v) is 8.39. The molecule has 144 valence electrons. The van der Waals surface area contributed by atoms with Gasteiger partial charge >= 0.3 is 0 Å². The average molecular weight is 526 g/mol. The van der Waals surface area contributed by atoms with Crippen LogP contribution in [0, 0.1) is 0 Å². The molecule has 2 aromatic carbocycles. The first-order valence-electron chi connectivity index (χ1n) is 8.02. The molecule has 1 N–H and O–H groups in total. The summed E-state index contributed by atoms with van der Waals surface area (Å²) in [6.45, 7) is -0.352. The highest BCUT2D eigenvalue weighted by atomic mass is 79.9. The number of rotatable bonds is 5. The van der Waals surface area contributed by atoms with Gasteiger partial charge < -0.3 is 10.1 Å². The van der Waals surface area contributed by atoms with Crippen LogP contribution in [0.3, 0.4) is 0 Å². The maximum atomic E-state index is 12.6. The van der Waals surface area contributed by atoms with Gasteiger partial charge in [-0.25, -0.2) is 0 Å². The van der Waals surface area contributed by atoms with Crippen molar-refractivity contribution in [2.45, 2.75) is 0 Å². The number of amides is 3. The summed E-state index contributed by atoms with van der Waals surface area (Å²) in [6, 6.07) is 12.4. The number of imide groups is 1. The summed E-state index contributed by atoms with van der Waals surface area (Å²) in [6.07, 6.45) is 1.61. The number of anilines is 1. The molecule has 2 aromatic rings. The molecule has 1 aliphatic heterocycles. The van der Waals surface area contributed by atoms with E-state index in [2.05, 4.69) is 37.2 Å². The number of ether oxygens (including phenoxy) is 1. The van der Waals surface area contributed by atoms with E-state index in [1.165, 1.54) is 0 Å². The number of carbonyl (C=O) groups excluding carboxylic acids is 3. The second kappa shape index (κ2) is 8.93. The fourth-order valence-corrected chi connectivity index (χ4v) is 4.24. The van der Waals surface area contributed by atoms with Crippen LogP contribution < -0.4 is 10.1 Å². The number of halogens is 2. The summed E-state index contributed by atoms with van der Waals surface area (Å²) >= 11 is 7.53. The van der Waals surface area contributed by atoms with Crippen molar-refractivity contribution in [2.75, 3.05) is 19.0 Å². The second-order valence-electron chi connectivity index (χ2n) is 5.69. The minimum absolute atomic E-state index is 0.260. The molecule has 1 heterocycles. The van der Waals surface area contributed by atoms with Crippen LogP contribution in [0.2, 0.25) is 0 Å². The quantitative estimate of drug-likeness (QED) is 0.562. The highest BCUT2D eigenvalue weighted by molar-refractivity contribution is 9.11. The van der Waals surface area contributed by atoms with E-state index in [1.54, 1.807) is 49.6 Å². The first kappa shape index (κ1) is 20.6. The van der Waals surface area contributed by atoms with Gasteiger partial charge in [0.25, 0.3) is 11.1 Å². The molecule has 0 aromatic heterocycles. The van der Waals surface area contributed by atoms with Crippen LogP contribution in [0.15, 0.2) is 56.3 Å². The van der Waals surface area contributed by atoms with Gasteiger partial charge in [0.15, 0.2) is 0 Å². The van der Waals surface area contributed by atoms with Gasteiger partial charge in [0.05, 0.1) is 22.2 Å². The molecular weight excluding hydrogens is 512 g/mol. The third-order valence-electron chi connectivity index (χ3n) is 3.80. The predicted molar refractivity (Wildman–Crippen MR) is 116 cm³/mol. The first-order valence-corrected chi connectivity index (χ1v) is 10.4. The summed E-state index contributed by atoms with van der Waals surface area (Å²) in [5.74, 6) is -0.291. The van der Waals surface area contributed by atoms with E-state index in [9.17, 15) is 14.4 Å². The van der Waals surface area contributed by atoms with E-state index in [0.717, 1.165) is 26.7 Å². The van der Waals surface area contributed by atoms with Crippen molar-refractivity contribution in [3.05, 3.63) is 61.9 Å². The van der Waals surface area contributed by atoms with Crippen molar-refractivity contribution in [2.24, 2.45) is 0 Å². The number of hydrogen-bond donors (Lipinski definition) is 1. The van der Waals surface area contributed by atoms with Crippen molar-refractivity contribution in [3.63, 3.8) is 0 Å². The van der Waals surface area contributed by atoms with E-state index in [0.29, 0.717) is 15.9 Å². The van der Waals surface area contributed by atoms with Gasteiger partial charge in [-0.05, 0) is 79.5 Å². The standard InChI is InChI=1S/C19H14Br2N2O4S/c1-27-15-7-6-11(8-13(15)21)9-16-18(25)23(19(26)28-16)10-17(24)22-14-5-3-2-4-12(14)20/h2-9H,10H2,1H3,(H,22,24)/b16-9+. The van der Waals surface area contributed by atoms with Gasteiger partial charge in [-0.1, -0.05) is 18.2 Å². The molecule has 1 saturated heterocycles. The molecular formula is C19H14Br2N2O4S. The lowest BCUT2D eigenvalue weighted by Gasteiger charge is -2.13. The van der Waals surface area contributed by atoms with Crippen LogP contribution in [0.1, 0.15) is 5.56 Å². The highest BCUT2D eigenvalue weighted by Crippen LogP contribution is 2.33. The molecule has 0 atom stereocenters. The number of para-hydroxylation sites is 1. The fourth-order valence-electron chi connectivity index (χ4n) is 2.46. The molecule has 0 spiro atoms.